The fourth-order valence-electron chi connectivity index (χ4n) is 2.98. The predicted octanol–water partition coefficient (Wildman–Crippen LogP) is 2.95. The minimum Gasteiger partial charge on any atom is -0.356 e. The average Bonchev–Trinajstić information content (AvgIpc) is 2.71. The van der Waals surface area contributed by atoms with E-state index in [0.29, 0.717) is 31.2 Å². The minimum atomic E-state index is -0.213. The number of benzene rings is 2. The molecule has 0 aliphatic heterocycles. The van der Waals surface area contributed by atoms with E-state index in [1.807, 2.05) is 56.3 Å². The number of hydrogen-bond acceptors (Lipinski definition) is 3. The zero-order chi connectivity index (χ0) is 21.9. The third kappa shape index (κ3) is 9.65. The van der Waals surface area contributed by atoms with Crippen LogP contribution in [0.4, 0.5) is 4.39 Å². The first kappa shape index (κ1) is 26.8. The van der Waals surface area contributed by atoms with Gasteiger partial charge in [-0.05, 0) is 68.4 Å². The molecule has 0 bridgehead atoms. The largest absolute Gasteiger partial charge is 0.356 e. The highest BCUT2D eigenvalue weighted by atomic mass is 127. The van der Waals surface area contributed by atoms with Crippen molar-refractivity contribution in [2.45, 2.75) is 19.9 Å². The van der Waals surface area contributed by atoms with Crippen LogP contribution in [0.3, 0.4) is 0 Å². The molecule has 0 radical (unpaired) electrons. The van der Waals surface area contributed by atoms with Crippen LogP contribution >= 0.6 is 24.0 Å². The van der Waals surface area contributed by atoms with E-state index < -0.39 is 0 Å². The monoisotopic (exact) mass is 541 g/mol. The van der Waals surface area contributed by atoms with Gasteiger partial charge in [0, 0.05) is 38.8 Å². The molecule has 1 amide bonds. The summed E-state index contributed by atoms with van der Waals surface area (Å²) in [7, 11) is 5.66. The van der Waals surface area contributed by atoms with E-state index in [1.165, 1.54) is 6.07 Å². The summed E-state index contributed by atoms with van der Waals surface area (Å²) in [6, 6.07) is 12.4. The first-order valence-electron chi connectivity index (χ1n) is 10.1. The SMILES string of the molecule is CN=C(NCCc1ccc(F)cc1C)NCc1cccc(C(=O)NCCN(C)C)c1.I. The van der Waals surface area contributed by atoms with Crippen LogP contribution in [0.1, 0.15) is 27.0 Å². The van der Waals surface area contributed by atoms with Gasteiger partial charge >= 0.3 is 0 Å². The molecule has 0 aromatic heterocycles. The van der Waals surface area contributed by atoms with Gasteiger partial charge in [0.05, 0.1) is 0 Å². The maximum atomic E-state index is 13.2. The molecule has 0 spiro atoms. The summed E-state index contributed by atoms with van der Waals surface area (Å²) >= 11 is 0. The molecule has 170 valence electrons. The zero-order valence-corrected chi connectivity index (χ0v) is 21.0. The molecule has 0 aliphatic carbocycles. The Hall–Kier alpha value is -2.20. The van der Waals surface area contributed by atoms with Crippen molar-refractivity contribution >= 4 is 35.8 Å². The molecule has 8 heteroatoms. The van der Waals surface area contributed by atoms with Crippen LogP contribution in [0.2, 0.25) is 0 Å². The van der Waals surface area contributed by atoms with Gasteiger partial charge in [-0.1, -0.05) is 18.2 Å². The first-order valence-corrected chi connectivity index (χ1v) is 10.1. The Morgan fingerprint density at radius 2 is 1.84 bits per heavy atom. The van der Waals surface area contributed by atoms with Gasteiger partial charge in [0.1, 0.15) is 5.82 Å². The number of nitrogens with zero attached hydrogens (tertiary/aromatic N) is 2. The van der Waals surface area contributed by atoms with Crippen molar-refractivity contribution < 1.29 is 9.18 Å². The number of rotatable bonds is 9. The van der Waals surface area contributed by atoms with Crippen LogP contribution in [0.15, 0.2) is 47.5 Å². The maximum absolute atomic E-state index is 13.2. The third-order valence-electron chi connectivity index (χ3n) is 4.71. The Bertz CT molecular complexity index is 873. The number of carbonyl (C=O) groups excluding carboxylic acids is 1. The van der Waals surface area contributed by atoms with E-state index in [1.54, 1.807) is 13.1 Å². The third-order valence-corrected chi connectivity index (χ3v) is 4.71. The predicted molar refractivity (Wildman–Crippen MR) is 136 cm³/mol. The van der Waals surface area contributed by atoms with Gasteiger partial charge in [-0.3, -0.25) is 9.79 Å². The molecule has 0 saturated carbocycles. The molecule has 0 fully saturated rings. The number of likely N-dealkylation sites (N-methyl/N-ethyl adjacent to an activating group) is 1. The number of halogens is 2. The van der Waals surface area contributed by atoms with Crippen molar-refractivity contribution in [1.29, 1.82) is 0 Å². The number of amides is 1. The van der Waals surface area contributed by atoms with Gasteiger partial charge in [-0.25, -0.2) is 4.39 Å². The Labute approximate surface area is 201 Å². The summed E-state index contributed by atoms with van der Waals surface area (Å²) in [6.07, 6.45) is 0.773. The zero-order valence-electron chi connectivity index (χ0n) is 18.7. The molecule has 0 atom stereocenters. The lowest BCUT2D eigenvalue weighted by molar-refractivity contribution is 0.0951. The summed E-state index contributed by atoms with van der Waals surface area (Å²) < 4.78 is 13.2. The first-order chi connectivity index (χ1) is 14.4. The molecule has 2 rings (SSSR count). The topological polar surface area (TPSA) is 68.8 Å². The molecular weight excluding hydrogens is 508 g/mol. The van der Waals surface area contributed by atoms with Crippen molar-refractivity contribution in [3.63, 3.8) is 0 Å². The van der Waals surface area contributed by atoms with E-state index in [9.17, 15) is 9.18 Å². The second kappa shape index (κ2) is 14.0. The normalized spacial score (nSPS) is 11.1. The van der Waals surface area contributed by atoms with Crippen molar-refractivity contribution in [2.75, 3.05) is 40.8 Å². The van der Waals surface area contributed by atoms with Crippen LogP contribution < -0.4 is 16.0 Å². The quantitative estimate of drug-likeness (QED) is 0.260. The second-order valence-electron chi connectivity index (χ2n) is 7.43. The number of carbonyl (C=O) groups is 1. The highest BCUT2D eigenvalue weighted by Crippen LogP contribution is 2.10. The van der Waals surface area contributed by atoms with Crippen molar-refractivity contribution in [3.8, 4) is 0 Å². The number of aryl methyl sites for hydroxylation is 1. The maximum Gasteiger partial charge on any atom is 0.251 e. The molecular formula is C23H33FIN5O. The molecule has 0 heterocycles. The summed E-state index contributed by atoms with van der Waals surface area (Å²) in [4.78, 5) is 18.5. The Morgan fingerprint density at radius 1 is 1.06 bits per heavy atom. The summed E-state index contributed by atoms with van der Waals surface area (Å²) in [5.74, 6) is 0.391. The highest BCUT2D eigenvalue weighted by molar-refractivity contribution is 14.0. The van der Waals surface area contributed by atoms with Gasteiger partial charge < -0.3 is 20.9 Å². The molecule has 2 aromatic carbocycles. The van der Waals surface area contributed by atoms with Crippen LogP contribution in [0.25, 0.3) is 0 Å². The number of hydrogen-bond donors (Lipinski definition) is 3. The number of nitrogens with one attached hydrogen (secondary N) is 3. The number of guanidine groups is 1. The lowest BCUT2D eigenvalue weighted by Gasteiger charge is -2.14. The Kier molecular flexibility index (Phi) is 12.1. The summed E-state index contributed by atoms with van der Waals surface area (Å²) in [5, 5.41) is 9.45. The van der Waals surface area contributed by atoms with Crippen molar-refractivity contribution in [3.05, 3.63) is 70.5 Å². The second-order valence-corrected chi connectivity index (χ2v) is 7.43. The molecule has 0 saturated heterocycles. The molecule has 6 nitrogen and oxygen atoms in total. The lowest BCUT2D eigenvalue weighted by atomic mass is 10.1. The van der Waals surface area contributed by atoms with Gasteiger partial charge in [0.15, 0.2) is 5.96 Å². The molecule has 2 aromatic rings. The van der Waals surface area contributed by atoms with Crippen molar-refractivity contribution in [1.82, 2.24) is 20.9 Å². The number of aliphatic imine (C=N–C) groups is 1. The van der Waals surface area contributed by atoms with Gasteiger partial charge in [-0.15, -0.1) is 24.0 Å². The van der Waals surface area contributed by atoms with Gasteiger partial charge in [0.25, 0.3) is 5.91 Å². The van der Waals surface area contributed by atoms with Crippen LogP contribution in [-0.2, 0) is 13.0 Å². The summed E-state index contributed by atoms with van der Waals surface area (Å²) in [6.45, 7) is 4.55. The highest BCUT2D eigenvalue weighted by Gasteiger charge is 2.07. The molecule has 3 N–H and O–H groups in total. The van der Waals surface area contributed by atoms with E-state index in [0.717, 1.165) is 29.7 Å². The van der Waals surface area contributed by atoms with E-state index >= 15 is 0 Å². The van der Waals surface area contributed by atoms with Gasteiger partial charge in [0.2, 0.25) is 0 Å². The molecule has 31 heavy (non-hydrogen) atoms. The van der Waals surface area contributed by atoms with Crippen LogP contribution in [0, 0.1) is 12.7 Å². The smallest absolute Gasteiger partial charge is 0.251 e. The van der Waals surface area contributed by atoms with Gasteiger partial charge in [-0.2, -0.15) is 0 Å². The fraction of sp³-hybridized carbons (Fsp3) is 0.391. The van der Waals surface area contributed by atoms with E-state index in [4.69, 9.17) is 0 Å². The molecule has 0 unspecified atom stereocenters. The summed E-state index contributed by atoms with van der Waals surface area (Å²) in [5.41, 5.74) is 3.68. The van der Waals surface area contributed by atoms with E-state index in [2.05, 4.69) is 20.9 Å². The lowest BCUT2D eigenvalue weighted by Crippen LogP contribution is -2.38. The van der Waals surface area contributed by atoms with Crippen LogP contribution in [-0.4, -0.2) is 57.5 Å². The van der Waals surface area contributed by atoms with E-state index in [-0.39, 0.29) is 35.7 Å². The molecule has 0 aliphatic rings. The minimum absolute atomic E-state index is 0. The Balaban J connectivity index is 0.00000480. The Morgan fingerprint density at radius 3 is 2.52 bits per heavy atom. The van der Waals surface area contributed by atoms with Crippen molar-refractivity contribution in [2.24, 2.45) is 4.99 Å². The van der Waals surface area contributed by atoms with Crippen LogP contribution in [0.5, 0.6) is 0 Å². The standard InChI is InChI=1S/C23H32FN5O.HI/c1-17-14-21(24)9-8-19(17)10-11-27-23(25-2)28-16-18-6-5-7-20(15-18)22(30)26-12-13-29(3)4;/h5-9,14-15H,10-13,16H2,1-4H3,(H,26,30)(H2,25,27,28);1H. The fourth-order valence-corrected chi connectivity index (χ4v) is 2.98. The average molecular weight is 541 g/mol.